The van der Waals surface area contributed by atoms with Gasteiger partial charge in [-0.15, -0.1) is 0 Å². The average Bonchev–Trinajstić information content (AvgIpc) is 2.99. The summed E-state index contributed by atoms with van der Waals surface area (Å²) in [6, 6.07) is 0. The second kappa shape index (κ2) is 8.12. The summed E-state index contributed by atoms with van der Waals surface area (Å²) in [6.07, 6.45) is 4.06. The van der Waals surface area contributed by atoms with Crippen LogP contribution in [0, 0.1) is 34.5 Å². The number of carbonyl (C=O) groups excluding carboxylic acids is 1. The van der Waals surface area contributed by atoms with Crippen molar-refractivity contribution in [3.63, 3.8) is 0 Å². The van der Waals surface area contributed by atoms with E-state index in [1.807, 2.05) is 0 Å². The van der Waals surface area contributed by atoms with E-state index in [0.717, 1.165) is 24.8 Å². The van der Waals surface area contributed by atoms with Crippen molar-refractivity contribution < 1.29 is 30.3 Å². The standard InChI is InChI=1S/C27H44O6/c1-15(20(28)8-9-24(2,3)32)16-7-11-27(33)18-12-21(29)19-13-22(30)23(31)14-25(19,4)17(18)6-10-26(16,27)5/h12,15-17,19-20,22-23,28,30-33H,6-11,13-14H2,1-5H3/t15-,16+,17+,19-,20+,22+,23-,25+,26+,27+/m0/s1. The summed E-state index contributed by atoms with van der Waals surface area (Å²) in [5.74, 6) is -0.264. The van der Waals surface area contributed by atoms with Crippen LogP contribution in [0.2, 0.25) is 0 Å². The van der Waals surface area contributed by atoms with E-state index in [1.54, 1.807) is 19.9 Å². The summed E-state index contributed by atoms with van der Waals surface area (Å²) in [4.78, 5) is 13.2. The maximum atomic E-state index is 13.2. The SMILES string of the molecule is C[C@H]([C@H](O)CCC(C)(C)O)[C@H]1CC[C@@]2(O)C3=CC(=O)[C@@H]4C[C@@H](O)[C@@H](O)C[C@]4(C)[C@@H]3CC[C@]12C. The van der Waals surface area contributed by atoms with Gasteiger partial charge < -0.3 is 25.5 Å². The first-order valence-electron chi connectivity index (χ1n) is 12.9. The van der Waals surface area contributed by atoms with E-state index in [2.05, 4.69) is 20.8 Å². The van der Waals surface area contributed by atoms with Gasteiger partial charge in [-0.05, 0) is 100 Å². The van der Waals surface area contributed by atoms with E-state index in [1.165, 1.54) is 0 Å². The smallest absolute Gasteiger partial charge is 0.159 e. The third-order valence-electron chi connectivity index (χ3n) is 10.5. The van der Waals surface area contributed by atoms with Gasteiger partial charge in [-0.3, -0.25) is 4.79 Å². The highest BCUT2D eigenvalue weighted by molar-refractivity contribution is 5.95. The molecule has 6 nitrogen and oxygen atoms in total. The largest absolute Gasteiger partial charge is 0.393 e. The zero-order valence-electron chi connectivity index (χ0n) is 20.9. The van der Waals surface area contributed by atoms with Gasteiger partial charge in [-0.2, -0.15) is 0 Å². The fourth-order valence-corrected chi connectivity index (χ4v) is 8.29. The van der Waals surface area contributed by atoms with Gasteiger partial charge in [-0.1, -0.05) is 20.8 Å². The molecule has 0 spiro atoms. The first kappa shape index (κ1) is 25.3. The predicted molar refractivity (Wildman–Crippen MR) is 125 cm³/mol. The Kier molecular flexibility index (Phi) is 6.23. The Bertz CT molecular complexity index is 816. The lowest BCUT2D eigenvalue weighted by molar-refractivity contribution is -0.154. The van der Waals surface area contributed by atoms with E-state index in [9.17, 15) is 30.3 Å². The molecule has 4 aliphatic carbocycles. The molecule has 0 radical (unpaired) electrons. The van der Waals surface area contributed by atoms with Crippen LogP contribution in [0.25, 0.3) is 0 Å². The molecule has 0 unspecified atom stereocenters. The molecule has 3 fully saturated rings. The molecule has 33 heavy (non-hydrogen) atoms. The number of ketones is 1. The second-order valence-electron chi connectivity index (χ2n) is 12.9. The summed E-state index contributed by atoms with van der Waals surface area (Å²) in [7, 11) is 0. The van der Waals surface area contributed by atoms with Crippen molar-refractivity contribution in [3.05, 3.63) is 11.6 Å². The van der Waals surface area contributed by atoms with Crippen LogP contribution in [0.5, 0.6) is 0 Å². The number of fused-ring (bicyclic) bond motifs is 5. The summed E-state index contributed by atoms with van der Waals surface area (Å²) in [6.45, 7) is 9.74. The third kappa shape index (κ3) is 3.85. The molecule has 0 aromatic carbocycles. The Labute approximate surface area is 198 Å². The molecule has 3 saturated carbocycles. The number of aliphatic hydroxyl groups is 5. The van der Waals surface area contributed by atoms with Crippen LogP contribution in [0.3, 0.4) is 0 Å². The number of allylic oxidation sites excluding steroid dienone is 1. The summed E-state index contributed by atoms with van der Waals surface area (Å²) in [5.41, 5.74) is -2.01. The molecule has 6 heteroatoms. The molecular weight excluding hydrogens is 420 g/mol. The summed E-state index contributed by atoms with van der Waals surface area (Å²) in [5, 5.41) is 53.9. The quantitative estimate of drug-likeness (QED) is 0.427. The molecule has 0 heterocycles. The Morgan fingerprint density at radius 3 is 2.42 bits per heavy atom. The van der Waals surface area contributed by atoms with Crippen LogP contribution in [0.15, 0.2) is 11.6 Å². The molecule has 0 aliphatic heterocycles. The van der Waals surface area contributed by atoms with Gasteiger partial charge in [0.25, 0.3) is 0 Å². The van der Waals surface area contributed by atoms with Crippen molar-refractivity contribution in [2.45, 2.75) is 115 Å². The van der Waals surface area contributed by atoms with Crippen molar-refractivity contribution in [2.24, 2.45) is 34.5 Å². The Balaban J connectivity index is 1.62. The highest BCUT2D eigenvalue weighted by atomic mass is 16.3. The molecule has 10 atom stereocenters. The zero-order chi connectivity index (χ0) is 24.6. The fraction of sp³-hybridized carbons (Fsp3) is 0.889. The van der Waals surface area contributed by atoms with E-state index in [-0.39, 0.29) is 35.9 Å². The number of carbonyl (C=O) groups is 1. The van der Waals surface area contributed by atoms with Crippen molar-refractivity contribution in [1.29, 1.82) is 0 Å². The van der Waals surface area contributed by atoms with Gasteiger partial charge in [0.05, 0.1) is 29.5 Å². The monoisotopic (exact) mass is 464 g/mol. The lowest BCUT2D eigenvalue weighted by atomic mass is 9.46. The predicted octanol–water partition coefficient (Wildman–Crippen LogP) is 2.74. The molecule has 188 valence electrons. The summed E-state index contributed by atoms with van der Waals surface area (Å²) >= 11 is 0. The van der Waals surface area contributed by atoms with Crippen LogP contribution < -0.4 is 0 Å². The van der Waals surface area contributed by atoms with Crippen molar-refractivity contribution in [3.8, 4) is 0 Å². The number of rotatable bonds is 5. The van der Waals surface area contributed by atoms with Crippen molar-refractivity contribution in [2.75, 3.05) is 0 Å². The number of hydrogen-bond donors (Lipinski definition) is 5. The maximum Gasteiger partial charge on any atom is 0.159 e. The molecule has 0 amide bonds. The van der Waals surface area contributed by atoms with E-state index >= 15 is 0 Å². The van der Waals surface area contributed by atoms with Gasteiger partial charge >= 0.3 is 0 Å². The number of aliphatic hydroxyl groups excluding tert-OH is 3. The zero-order valence-corrected chi connectivity index (χ0v) is 20.9. The van der Waals surface area contributed by atoms with Crippen LogP contribution in [0.4, 0.5) is 0 Å². The lowest BCUT2D eigenvalue weighted by Crippen LogP contribution is -2.61. The third-order valence-corrected chi connectivity index (χ3v) is 10.5. The Morgan fingerprint density at radius 2 is 1.79 bits per heavy atom. The molecule has 4 rings (SSSR count). The highest BCUT2D eigenvalue weighted by Gasteiger charge is 2.67. The highest BCUT2D eigenvalue weighted by Crippen LogP contribution is 2.68. The van der Waals surface area contributed by atoms with Crippen molar-refractivity contribution >= 4 is 5.78 Å². The van der Waals surface area contributed by atoms with Gasteiger partial charge in [-0.25, -0.2) is 0 Å². The Hall–Kier alpha value is -0.790. The average molecular weight is 465 g/mol. The van der Waals surface area contributed by atoms with E-state index in [4.69, 9.17) is 0 Å². The Morgan fingerprint density at radius 1 is 1.12 bits per heavy atom. The van der Waals surface area contributed by atoms with Gasteiger partial charge in [0.15, 0.2) is 5.78 Å². The normalized spacial score (nSPS) is 47.3. The molecule has 4 aliphatic rings. The first-order valence-corrected chi connectivity index (χ1v) is 12.9. The first-order chi connectivity index (χ1) is 15.1. The topological polar surface area (TPSA) is 118 Å². The minimum absolute atomic E-state index is 0.00888. The van der Waals surface area contributed by atoms with Crippen LogP contribution >= 0.6 is 0 Å². The van der Waals surface area contributed by atoms with Crippen LogP contribution in [-0.2, 0) is 4.79 Å². The van der Waals surface area contributed by atoms with Crippen LogP contribution in [-0.4, -0.2) is 60.8 Å². The molecule has 0 saturated heterocycles. The number of hydrogen-bond acceptors (Lipinski definition) is 6. The molecular formula is C27H44O6. The minimum Gasteiger partial charge on any atom is -0.393 e. The van der Waals surface area contributed by atoms with E-state index in [0.29, 0.717) is 25.7 Å². The van der Waals surface area contributed by atoms with Gasteiger partial charge in [0.1, 0.15) is 0 Å². The minimum atomic E-state index is -1.10. The molecule has 0 bridgehead atoms. The molecule has 5 N–H and O–H groups in total. The van der Waals surface area contributed by atoms with E-state index < -0.39 is 40.3 Å². The van der Waals surface area contributed by atoms with Gasteiger partial charge in [0, 0.05) is 11.3 Å². The lowest BCUT2D eigenvalue weighted by Gasteiger charge is -2.60. The van der Waals surface area contributed by atoms with Crippen LogP contribution in [0.1, 0.15) is 86.0 Å². The second-order valence-corrected chi connectivity index (χ2v) is 12.9. The maximum absolute atomic E-state index is 13.2. The summed E-state index contributed by atoms with van der Waals surface area (Å²) < 4.78 is 0. The molecule has 0 aromatic heterocycles. The van der Waals surface area contributed by atoms with Crippen molar-refractivity contribution in [1.82, 2.24) is 0 Å². The van der Waals surface area contributed by atoms with Gasteiger partial charge in [0.2, 0.25) is 0 Å². The fourth-order valence-electron chi connectivity index (χ4n) is 8.29. The molecule has 0 aromatic rings.